The highest BCUT2D eigenvalue weighted by Gasteiger charge is 2.51. The Morgan fingerprint density at radius 1 is 0.303 bits per heavy atom. The van der Waals surface area contributed by atoms with E-state index in [-0.39, 0.29) is 5.41 Å². The van der Waals surface area contributed by atoms with Crippen LogP contribution in [-0.2, 0) is 10.8 Å². The summed E-state index contributed by atoms with van der Waals surface area (Å²) in [6, 6.07) is 83.1. The lowest BCUT2D eigenvalue weighted by Gasteiger charge is -2.32. The molecule has 14 rings (SSSR count). The Morgan fingerprint density at radius 2 is 0.758 bits per heavy atom. The summed E-state index contributed by atoms with van der Waals surface area (Å²) in [7, 11) is 0. The molecule has 1 heterocycles. The standard InChI is InChI=1S/C64H43NO/c1-63(2)54-26-12-8-20-46(54)50-34-31-42(38-58(50)63)65(41-33-36-60-53(37-41)45-19-6-7-24-52(45)62-44(25-16-30-61(62)66-60)40-17-4-3-5-18-40)43-32-35-51-49-23-11-15-29-57(49)64(59(51)39-43)55-27-13-9-21-47(55)48-22-10-14-28-56(48)64/h3-39H,1-2H3. The number of hydrogen-bond donors (Lipinski definition) is 0. The van der Waals surface area contributed by atoms with Crippen LogP contribution in [0.1, 0.15) is 47.2 Å². The second-order valence-corrected chi connectivity index (χ2v) is 18.7. The first-order valence-corrected chi connectivity index (χ1v) is 23.1. The molecule has 0 N–H and O–H groups in total. The zero-order valence-corrected chi connectivity index (χ0v) is 36.7. The van der Waals surface area contributed by atoms with E-state index >= 15 is 0 Å². The maximum atomic E-state index is 7.02. The van der Waals surface area contributed by atoms with Crippen molar-refractivity contribution in [3.63, 3.8) is 0 Å². The van der Waals surface area contributed by atoms with Crippen LogP contribution in [0.4, 0.5) is 17.1 Å². The predicted molar refractivity (Wildman–Crippen MR) is 271 cm³/mol. The van der Waals surface area contributed by atoms with E-state index in [1.54, 1.807) is 0 Å². The maximum absolute atomic E-state index is 7.02. The highest BCUT2D eigenvalue weighted by Crippen LogP contribution is 2.64. The zero-order valence-electron chi connectivity index (χ0n) is 36.7. The van der Waals surface area contributed by atoms with E-state index in [1.165, 1.54) is 66.8 Å². The van der Waals surface area contributed by atoms with Crippen LogP contribution in [0.15, 0.2) is 224 Å². The number of nitrogens with zero attached hydrogens (tertiary/aromatic N) is 1. The average molecular weight is 842 g/mol. The molecule has 2 heteroatoms. The molecule has 0 atom stereocenters. The third-order valence-corrected chi connectivity index (χ3v) is 15.1. The molecule has 66 heavy (non-hydrogen) atoms. The van der Waals surface area contributed by atoms with Gasteiger partial charge in [0.05, 0.1) is 5.41 Å². The van der Waals surface area contributed by atoms with Gasteiger partial charge in [0.15, 0.2) is 0 Å². The normalized spacial score (nSPS) is 14.3. The Balaban J connectivity index is 1.01. The van der Waals surface area contributed by atoms with Crippen molar-refractivity contribution in [2.45, 2.75) is 24.7 Å². The fraction of sp³-hybridized carbons (Fsp3) is 0.0625. The third kappa shape index (κ3) is 4.96. The molecule has 0 amide bonds. The Kier molecular flexibility index (Phi) is 7.70. The number of anilines is 3. The van der Waals surface area contributed by atoms with Gasteiger partial charge in [-0.05, 0) is 138 Å². The van der Waals surface area contributed by atoms with Gasteiger partial charge in [-0.25, -0.2) is 0 Å². The first-order chi connectivity index (χ1) is 32.5. The molecule has 10 aromatic carbocycles. The molecule has 10 aromatic rings. The lowest BCUT2D eigenvalue weighted by molar-refractivity contribution is 0.488. The first kappa shape index (κ1) is 37.2. The van der Waals surface area contributed by atoms with Crippen molar-refractivity contribution in [1.29, 1.82) is 0 Å². The summed E-state index contributed by atoms with van der Waals surface area (Å²) in [6.45, 7) is 4.74. The van der Waals surface area contributed by atoms with E-state index in [1.807, 2.05) is 0 Å². The molecule has 0 bridgehead atoms. The quantitative estimate of drug-likeness (QED) is 0.175. The van der Waals surface area contributed by atoms with E-state index in [2.05, 4.69) is 243 Å². The largest absolute Gasteiger partial charge is 0.456 e. The zero-order chi connectivity index (χ0) is 43.7. The van der Waals surface area contributed by atoms with Gasteiger partial charge in [-0.15, -0.1) is 0 Å². The third-order valence-electron chi connectivity index (χ3n) is 15.1. The van der Waals surface area contributed by atoms with Gasteiger partial charge < -0.3 is 9.64 Å². The molecule has 1 aliphatic heterocycles. The molecule has 0 radical (unpaired) electrons. The number of benzene rings is 10. The van der Waals surface area contributed by atoms with Crippen molar-refractivity contribution in [3.8, 4) is 78.3 Å². The number of rotatable bonds is 4. The van der Waals surface area contributed by atoms with Crippen LogP contribution < -0.4 is 9.64 Å². The van der Waals surface area contributed by atoms with Gasteiger partial charge in [-0.2, -0.15) is 0 Å². The summed E-state index contributed by atoms with van der Waals surface area (Å²) in [6.07, 6.45) is 0. The minimum atomic E-state index is -0.467. The molecule has 0 saturated carbocycles. The molecular formula is C64H43NO. The van der Waals surface area contributed by atoms with E-state index in [4.69, 9.17) is 4.74 Å². The summed E-state index contributed by atoms with van der Waals surface area (Å²) in [5.74, 6) is 1.69. The summed E-state index contributed by atoms with van der Waals surface area (Å²) in [5.41, 5.74) is 25.3. The van der Waals surface area contributed by atoms with E-state index in [9.17, 15) is 0 Å². The molecule has 2 nitrogen and oxygen atoms in total. The fourth-order valence-corrected chi connectivity index (χ4v) is 12.3. The molecule has 4 aliphatic rings. The minimum absolute atomic E-state index is 0.169. The number of fused-ring (bicyclic) bond motifs is 18. The molecule has 1 spiro atoms. The Morgan fingerprint density at radius 3 is 1.39 bits per heavy atom. The molecule has 0 fully saturated rings. The van der Waals surface area contributed by atoms with Crippen molar-refractivity contribution < 1.29 is 4.74 Å². The molecule has 0 unspecified atom stereocenters. The summed E-state index contributed by atoms with van der Waals surface area (Å²) >= 11 is 0. The van der Waals surface area contributed by atoms with Gasteiger partial charge in [0, 0.05) is 33.6 Å². The smallest absolute Gasteiger partial charge is 0.135 e. The minimum Gasteiger partial charge on any atom is -0.456 e. The summed E-state index contributed by atoms with van der Waals surface area (Å²) in [4.78, 5) is 2.49. The number of ether oxygens (including phenoxy) is 1. The van der Waals surface area contributed by atoms with Gasteiger partial charge in [0.25, 0.3) is 0 Å². The van der Waals surface area contributed by atoms with Gasteiger partial charge in [0.1, 0.15) is 11.5 Å². The summed E-state index contributed by atoms with van der Waals surface area (Å²) in [5, 5.41) is 0. The fourth-order valence-electron chi connectivity index (χ4n) is 12.3. The van der Waals surface area contributed by atoms with Gasteiger partial charge in [-0.1, -0.05) is 190 Å². The topological polar surface area (TPSA) is 12.5 Å². The first-order valence-electron chi connectivity index (χ1n) is 23.1. The molecule has 0 saturated heterocycles. The molecule has 0 aromatic heterocycles. The maximum Gasteiger partial charge on any atom is 0.135 e. The van der Waals surface area contributed by atoms with Crippen LogP contribution in [0.25, 0.3) is 66.8 Å². The van der Waals surface area contributed by atoms with Crippen LogP contribution in [-0.4, -0.2) is 0 Å². The Bertz CT molecular complexity index is 3610. The Labute approximate surface area is 385 Å². The van der Waals surface area contributed by atoms with Crippen molar-refractivity contribution in [3.05, 3.63) is 258 Å². The second-order valence-electron chi connectivity index (χ2n) is 18.7. The van der Waals surface area contributed by atoms with Gasteiger partial charge >= 0.3 is 0 Å². The van der Waals surface area contributed by atoms with E-state index in [0.717, 1.165) is 61.9 Å². The lowest BCUT2D eigenvalue weighted by atomic mass is 9.70. The van der Waals surface area contributed by atoms with Crippen molar-refractivity contribution in [2.75, 3.05) is 4.90 Å². The SMILES string of the molecule is CC1(C)c2ccccc2-c2ccc(N(c3ccc4c(c3)-c3ccccc3-c3c(cccc3-c3ccccc3)O4)c3ccc4c(c3)C3(c5ccccc5-c5ccccc53)c3ccccc3-4)cc21. The second kappa shape index (κ2) is 13.7. The van der Waals surface area contributed by atoms with Crippen LogP contribution >= 0.6 is 0 Å². The van der Waals surface area contributed by atoms with Crippen molar-refractivity contribution in [2.24, 2.45) is 0 Å². The van der Waals surface area contributed by atoms with Crippen molar-refractivity contribution >= 4 is 17.1 Å². The summed E-state index contributed by atoms with van der Waals surface area (Å²) < 4.78 is 7.02. The number of hydrogen-bond acceptors (Lipinski definition) is 2. The monoisotopic (exact) mass is 841 g/mol. The Hall–Kier alpha value is -8.20. The predicted octanol–water partition coefficient (Wildman–Crippen LogP) is 16.9. The highest BCUT2D eigenvalue weighted by atomic mass is 16.5. The average Bonchev–Trinajstić information content (AvgIpc) is 3.88. The van der Waals surface area contributed by atoms with Crippen LogP contribution in [0.2, 0.25) is 0 Å². The van der Waals surface area contributed by atoms with Crippen LogP contribution in [0.5, 0.6) is 11.5 Å². The highest BCUT2D eigenvalue weighted by molar-refractivity contribution is 6.00. The van der Waals surface area contributed by atoms with Gasteiger partial charge in [-0.3, -0.25) is 0 Å². The van der Waals surface area contributed by atoms with Crippen LogP contribution in [0.3, 0.4) is 0 Å². The lowest BCUT2D eigenvalue weighted by Crippen LogP contribution is -2.26. The molecule has 3 aliphatic carbocycles. The van der Waals surface area contributed by atoms with E-state index < -0.39 is 5.41 Å². The van der Waals surface area contributed by atoms with Gasteiger partial charge in [0.2, 0.25) is 0 Å². The van der Waals surface area contributed by atoms with Crippen molar-refractivity contribution in [1.82, 2.24) is 0 Å². The van der Waals surface area contributed by atoms with E-state index in [0.29, 0.717) is 0 Å². The molecular weight excluding hydrogens is 799 g/mol. The molecule has 310 valence electrons. The van der Waals surface area contributed by atoms with Crippen LogP contribution in [0, 0.1) is 0 Å².